The SMILES string of the molecule is COCCn1nc(Br)cc1NC(=O)OC(C)(C)C. The molecular weight excluding hydrogens is 302 g/mol. The summed E-state index contributed by atoms with van der Waals surface area (Å²) in [5.41, 5.74) is -0.529. The van der Waals surface area contributed by atoms with Crippen molar-refractivity contribution in [3.05, 3.63) is 10.7 Å². The van der Waals surface area contributed by atoms with Crippen LogP contribution in [0.15, 0.2) is 10.7 Å². The number of methoxy groups -OCH3 is 1. The molecule has 1 rings (SSSR count). The number of carbonyl (C=O) groups is 1. The first-order chi connectivity index (χ1) is 8.31. The highest BCUT2D eigenvalue weighted by Crippen LogP contribution is 2.17. The number of hydrogen-bond donors (Lipinski definition) is 1. The van der Waals surface area contributed by atoms with Gasteiger partial charge in [0.2, 0.25) is 0 Å². The Hall–Kier alpha value is -1.08. The first-order valence-corrected chi connectivity index (χ1v) is 6.33. The van der Waals surface area contributed by atoms with Crippen LogP contribution in [0.4, 0.5) is 10.6 Å². The highest BCUT2D eigenvalue weighted by Gasteiger charge is 2.18. The largest absolute Gasteiger partial charge is 0.444 e. The van der Waals surface area contributed by atoms with Crippen molar-refractivity contribution in [2.24, 2.45) is 0 Å². The van der Waals surface area contributed by atoms with Crippen LogP contribution < -0.4 is 5.32 Å². The molecule has 7 heteroatoms. The highest BCUT2D eigenvalue weighted by atomic mass is 79.9. The molecule has 0 saturated heterocycles. The lowest BCUT2D eigenvalue weighted by molar-refractivity contribution is 0.0634. The van der Waals surface area contributed by atoms with Crippen LogP contribution in [0.25, 0.3) is 0 Å². The lowest BCUT2D eigenvalue weighted by Gasteiger charge is -2.19. The van der Waals surface area contributed by atoms with Gasteiger partial charge in [0, 0.05) is 13.2 Å². The number of anilines is 1. The zero-order valence-corrected chi connectivity index (χ0v) is 12.6. The number of nitrogens with one attached hydrogen (secondary N) is 1. The maximum atomic E-state index is 11.6. The van der Waals surface area contributed by atoms with Crippen LogP contribution >= 0.6 is 15.9 Å². The van der Waals surface area contributed by atoms with Crippen LogP contribution in [0, 0.1) is 0 Å². The minimum Gasteiger partial charge on any atom is -0.444 e. The zero-order valence-electron chi connectivity index (χ0n) is 11.0. The van der Waals surface area contributed by atoms with Gasteiger partial charge >= 0.3 is 6.09 Å². The maximum Gasteiger partial charge on any atom is 0.413 e. The summed E-state index contributed by atoms with van der Waals surface area (Å²) >= 11 is 3.26. The van der Waals surface area contributed by atoms with E-state index in [9.17, 15) is 4.79 Å². The Morgan fingerprint density at radius 2 is 2.22 bits per heavy atom. The summed E-state index contributed by atoms with van der Waals surface area (Å²) in [6.07, 6.45) is -0.506. The summed E-state index contributed by atoms with van der Waals surface area (Å²) in [5, 5.41) is 6.83. The van der Waals surface area contributed by atoms with Gasteiger partial charge in [-0.2, -0.15) is 5.10 Å². The van der Waals surface area contributed by atoms with Crippen molar-refractivity contribution >= 4 is 27.8 Å². The lowest BCUT2D eigenvalue weighted by atomic mass is 10.2. The summed E-state index contributed by atoms with van der Waals surface area (Å²) in [6.45, 7) is 6.49. The number of halogens is 1. The Labute approximate surface area is 115 Å². The molecule has 18 heavy (non-hydrogen) atoms. The molecule has 1 amide bonds. The monoisotopic (exact) mass is 319 g/mol. The molecule has 1 N–H and O–H groups in total. The molecule has 0 atom stereocenters. The summed E-state index contributed by atoms with van der Waals surface area (Å²) in [5.74, 6) is 0.563. The van der Waals surface area contributed by atoms with Gasteiger partial charge in [0.05, 0.1) is 13.2 Å². The van der Waals surface area contributed by atoms with Crippen LogP contribution in [0.5, 0.6) is 0 Å². The van der Waals surface area contributed by atoms with E-state index in [2.05, 4.69) is 26.3 Å². The number of ether oxygens (including phenoxy) is 2. The third-order valence-electron chi connectivity index (χ3n) is 1.89. The van der Waals surface area contributed by atoms with Gasteiger partial charge in [-0.15, -0.1) is 0 Å². The molecule has 0 aliphatic rings. The second-order valence-electron chi connectivity index (χ2n) is 4.70. The standard InChI is InChI=1S/C11H18BrN3O3/c1-11(2,3)18-10(16)13-9-7-8(12)14-15(9)5-6-17-4/h7H,5-6H2,1-4H3,(H,13,16). The van der Waals surface area contributed by atoms with Gasteiger partial charge in [-0.3, -0.25) is 5.32 Å². The molecule has 6 nitrogen and oxygen atoms in total. The first-order valence-electron chi connectivity index (χ1n) is 5.54. The molecule has 0 saturated carbocycles. The number of hydrogen-bond acceptors (Lipinski definition) is 4. The topological polar surface area (TPSA) is 65.4 Å². The highest BCUT2D eigenvalue weighted by molar-refractivity contribution is 9.10. The Morgan fingerprint density at radius 3 is 2.78 bits per heavy atom. The third kappa shape index (κ3) is 5.05. The minimum atomic E-state index is -0.529. The number of amides is 1. The summed E-state index contributed by atoms with van der Waals surface area (Å²) < 4.78 is 12.4. The summed E-state index contributed by atoms with van der Waals surface area (Å²) in [7, 11) is 1.61. The van der Waals surface area contributed by atoms with E-state index >= 15 is 0 Å². The van der Waals surface area contributed by atoms with Gasteiger partial charge < -0.3 is 9.47 Å². The fourth-order valence-corrected chi connectivity index (χ4v) is 1.65. The molecule has 1 heterocycles. The van der Waals surface area contributed by atoms with E-state index in [4.69, 9.17) is 9.47 Å². The van der Waals surface area contributed by atoms with E-state index in [0.717, 1.165) is 0 Å². The van der Waals surface area contributed by atoms with Gasteiger partial charge in [-0.05, 0) is 36.7 Å². The van der Waals surface area contributed by atoms with E-state index < -0.39 is 11.7 Å². The fraction of sp³-hybridized carbons (Fsp3) is 0.636. The Bertz CT molecular complexity index is 412. The predicted octanol–water partition coefficient (Wildman–Crippen LogP) is 2.64. The van der Waals surface area contributed by atoms with Gasteiger partial charge in [0.15, 0.2) is 0 Å². The molecular formula is C11H18BrN3O3. The number of rotatable bonds is 4. The maximum absolute atomic E-state index is 11.6. The quantitative estimate of drug-likeness (QED) is 0.926. The van der Waals surface area contributed by atoms with Crippen LogP contribution in [0.1, 0.15) is 20.8 Å². The van der Waals surface area contributed by atoms with Gasteiger partial charge in [-0.25, -0.2) is 9.48 Å². The summed E-state index contributed by atoms with van der Waals surface area (Å²) in [6, 6.07) is 1.71. The zero-order chi connectivity index (χ0) is 13.8. The molecule has 0 spiro atoms. The molecule has 1 aromatic rings. The van der Waals surface area contributed by atoms with Gasteiger partial charge in [0.25, 0.3) is 0 Å². The van der Waals surface area contributed by atoms with E-state index in [1.807, 2.05) is 20.8 Å². The molecule has 0 bridgehead atoms. The normalized spacial score (nSPS) is 11.4. The second kappa shape index (κ2) is 6.19. The molecule has 0 fully saturated rings. The lowest BCUT2D eigenvalue weighted by Crippen LogP contribution is -2.28. The van der Waals surface area contributed by atoms with Crippen LogP contribution in [0.3, 0.4) is 0 Å². The van der Waals surface area contributed by atoms with Gasteiger partial charge in [-0.1, -0.05) is 0 Å². The van der Waals surface area contributed by atoms with E-state index in [-0.39, 0.29) is 0 Å². The Morgan fingerprint density at radius 1 is 1.56 bits per heavy atom. The minimum absolute atomic E-state index is 0.506. The van der Waals surface area contributed by atoms with Crippen molar-refractivity contribution in [3.8, 4) is 0 Å². The molecule has 0 radical (unpaired) electrons. The number of aromatic nitrogens is 2. The predicted molar refractivity (Wildman–Crippen MR) is 71.7 cm³/mol. The van der Waals surface area contributed by atoms with Crippen molar-refractivity contribution in [2.45, 2.75) is 32.9 Å². The third-order valence-corrected chi connectivity index (χ3v) is 2.27. The number of nitrogens with zero attached hydrogens (tertiary/aromatic N) is 2. The Kier molecular flexibility index (Phi) is 5.15. The van der Waals surface area contributed by atoms with E-state index in [1.165, 1.54) is 0 Å². The summed E-state index contributed by atoms with van der Waals surface area (Å²) in [4.78, 5) is 11.6. The fourth-order valence-electron chi connectivity index (χ4n) is 1.24. The van der Waals surface area contributed by atoms with E-state index in [1.54, 1.807) is 17.9 Å². The van der Waals surface area contributed by atoms with Crippen LogP contribution in [-0.2, 0) is 16.0 Å². The van der Waals surface area contributed by atoms with Crippen molar-refractivity contribution < 1.29 is 14.3 Å². The van der Waals surface area contributed by atoms with E-state index in [0.29, 0.717) is 23.6 Å². The average molecular weight is 320 g/mol. The van der Waals surface area contributed by atoms with Crippen molar-refractivity contribution in [1.82, 2.24) is 9.78 Å². The van der Waals surface area contributed by atoms with Crippen molar-refractivity contribution in [3.63, 3.8) is 0 Å². The molecule has 1 aromatic heterocycles. The average Bonchev–Trinajstić information content (AvgIpc) is 2.52. The van der Waals surface area contributed by atoms with Crippen molar-refractivity contribution in [2.75, 3.05) is 19.0 Å². The van der Waals surface area contributed by atoms with Crippen molar-refractivity contribution in [1.29, 1.82) is 0 Å². The van der Waals surface area contributed by atoms with Gasteiger partial charge in [0.1, 0.15) is 16.0 Å². The Balaban J connectivity index is 2.68. The molecule has 0 aliphatic heterocycles. The molecule has 0 aliphatic carbocycles. The van der Waals surface area contributed by atoms with Crippen LogP contribution in [0.2, 0.25) is 0 Å². The second-order valence-corrected chi connectivity index (χ2v) is 5.51. The number of carbonyl (C=O) groups excluding carboxylic acids is 1. The smallest absolute Gasteiger partial charge is 0.413 e. The first kappa shape index (κ1) is 15.0. The molecule has 0 unspecified atom stereocenters. The van der Waals surface area contributed by atoms with Crippen LogP contribution in [-0.4, -0.2) is 35.2 Å². The molecule has 102 valence electrons. The molecule has 0 aromatic carbocycles.